The maximum atomic E-state index is 13.9. The van der Waals surface area contributed by atoms with Crippen LogP contribution < -0.4 is 20.7 Å². The molecule has 0 spiro atoms. The number of carbonyl (C=O) groups is 3. The standard InChI is InChI=1S/C29H28FN5O6/c1-17-4-9-22(30)24(13-17)35-29(40)33-19-5-7-20(8-6-19)41-21-10-11-31-26(15-21)25-14-18(16-32-25)27(37)34-23(28(38)39)3-2-12-36/h4-11,13-16,23,32,36H,2-3,12H2,1H3,(H,34,37)(H,38,39)(H2,33,35,40)/t23-/m0/s1. The minimum absolute atomic E-state index is 0.0771. The summed E-state index contributed by atoms with van der Waals surface area (Å²) in [5.74, 6) is -1.35. The quantitative estimate of drug-likeness (QED) is 0.151. The summed E-state index contributed by atoms with van der Waals surface area (Å²) in [6.07, 6.45) is 3.33. The molecule has 3 amide bonds. The molecule has 0 bridgehead atoms. The molecule has 4 rings (SSSR count). The van der Waals surface area contributed by atoms with Crippen LogP contribution in [-0.4, -0.2) is 50.7 Å². The lowest BCUT2D eigenvalue weighted by Gasteiger charge is -2.13. The van der Waals surface area contributed by atoms with Crippen molar-refractivity contribution in [1.82, 2.24) is 15.3 Å². The fourth-order valence-corrected chi connectivity index (χ4v) is 3.85. The number of carboxylic acids is 1. The van der Waals surface area contributed by atoms with Crippen LogP contribution in [0.2, 0.25) is 0 Å². The number of aliphatic hydroxyl groups excluding tert-OH is 1. The molecule has 1 atom stereocenters. The Hall–Kier alpha value is -5.23. The van der Waals surface area contributed by atoms with Gasteiger partial charge in [-0.25, -0.2) is 14.0 Å². The SMILES string of the molecule is Cc1ccc(F)c(NC(=O)Nc2ccc(Oc3ccnc(-c4cc(C(=O)N[C@@H](CCCO)C(=O)O)c[nH]4)c3)cc2)c1. The van der Waals surface area contributed by atoms with Gasteiger partial charge in [-0.3, -0.25) is 9.78 Å². The number of hydrogen-bond acceptors (Lipinski definition) is 6. The number of benzene rings is 2. The van der Waals surface area contributed by atoms with Gasteiger partial charge in [0.1, 0.15) is 23.4 Å². The lowest BCUT2D eigenvalue weighted by Crippen LogP contribution is -2.40. The average molecular weight is 562 g/mol. The molecular formula is C29H28FN5O6. The summed E-state index contributed by atoms with van der Waals surface area (Å²) >= 11 is 0. The Balaban J connectivity index is 1.36. The van der Waals surface area contributed by atoms with Crippen LogP contribution >= 0.6 is 0 Å². The van der Waals surface area contributed by atoms with Crippen LogP contribution in [0.1, 0.15) is 28.8 Å². The highest BCUT2D eigenvalue weighted by Gasteiger charge is 2.21. The average Bonchev–Trinajstić information content (AvgIpc) is 3.45. The number of nitrogens with zero attached hydrogens (tertiary/aromatic N) is 1. The molecular weight excluding hydrogens is 533 g/mol. The Bertz CT molecular complexity index is 1540. The highest BCUT2D eigenvalue weighted by molar-refractivity contribution is 6.00. The van der Waals surface area contributed by atoms with Crippen molar-refractivity contribution in [3.8, 4) is 22.9 Å². The number of anilines is 2. The van der Waals surface area contributed by atoms with Crippen LogP contribution in [0.15, 0.2) is 73.1 Å². The van der Waals surface area contributed by atoms with E-state index in [0.717, 1.165) is 5.56 Å². The van der Waals surface area contributed by atoms with Gasteiger partial charge in [0.2, 0.25) is 0 Å². The number of carbonyl (C=O) groups excluding carboxylic acids is 2. The lowest BCUT2D eigenvalue weighted by atomic mass is 10.1. The molecule has 0 unspecified atom stereocenters. The molecule has 41 heavy (non-hydrogen) atoms. The summed E-state index contributed by atoms with van der Waals surface area (Å²) in [6.45, 7) is 1.62. The zero-order valence-electron chi connectivity index (χ0n) is 22.0. The van der Waals surface area contributed by atoms with Crippen molar-refractivity contribution in [2.45, 2.75) is 25.8 Å². The van der Waals surface area contributed by atoms with Crippen molar-refractivity contribution in [1.29, 1.82) is 0 Å². The summed E-state index contributed by atoms with van der Waals surface area (Å²) in [6, 6.07) is 14.1. The predicted molar refractivity (Wildman–Crippen MR) is 150 cm³/mol. The number of nitrogens with one attached hydrogen (secondary N) is 4. The van der Waals surface area contributed by atoms with Crippen molar-refractivity contribution in [2.75, 3.05) is 17.2 Å². The number of hydrogen-bond donors (Lipinski definition) is 6. The van der Waals surface area contributed by atoms with Gasteiger partial charge in [0.15, 0.2) is 0 Å². The first-order valence-corrected chi connectivity index (χ1v) is 12.6. The van der Waals surface area contributed by atoms with Crippen molar-refractivity contribution < 1.29 is 33.7 Å². The highest BCUT2D eigenvalue weighted by Crippen LogP contribution is 2.27. The minimum atomic E-state index is -1.18. The molecule has 11 nitrogen and oxygen atoms in total. The number of ether oxygens (including phenoxy) is 1. The third kappa shape index (κ3) is 7.90. The van der Waals surface area contributed by atoms with Gasteiger partial charge in [-0.15, -0.1) is 0 Å². The number of aryl methyl sites for hydroxylation is 1. The first-order chi connectivity index (χ1) is 19.7. The molecule has 2 aromatic heterocycles. The first kappa shape index (κ1) is 28.8. The monoisotopic (exact) mass is 561 g/mol. The largest absolute Gasteiger partial charge is 0.480 e. The van der Waals surface area contributed by atoms with Crippen molar-refractivity contribution in [2.24, 2.45) is 0 Å². The van der Waals surface area contributed by atoms with Gasteiger partial charge in [-0.1, -0.05) is 6.07 Å². The van der Waals surface area contributed by atoms with E-state index in [1.165, 1.54) is 24.5 Å². The van der Waals surface area contributed by atoms with Crippen LogP contribution in [0.3, 0.4) is 0 Å². The second-order valence-corrected chi connectivity index (χ2v) is 9.10. The van der Waals surface area contributed by atoms with Gasteiger partial charge in [0.25, 0.3) is 5.91 Å². The van der Waals surface area contributed by atoms with Gasteiger partial charge < -0.3 is 35.9 Å². The third-order valence-electron chi connectivity index (χ3n) is 5.92. The number of halogens is 1. The Morgan fingerprint density at radius 3 is 2.54 bits per heavy atom. The topological polar surface area (TPSA) is 166 Å². The first-order valence-electron chi connectivity index (χ1n) is 12.6. The zero-order valence-corrected chi connectivity index (χ0v) is 22.0. The smallest absolute Gasteiger partial charge is 0.326 e. The summed E-state index contributed by atoms with van der Waals surface area (Å²) < 4.78 is 19.8. The van der Waals surface area contributed by atoms with Gasteiger partial charge in [0, 0.05) is 30.8 Å². The molecule has 6 N–H and O–H groups in total. The molecule has 0 radical (unpaired) electrons. The maximum Gasteiger partial charge on any atom is 0.326 e. The molecule has 12 heteroatoms. The molecule has 0 saturated heterocycles. The highest BCUT2D eigenvalue weighted by atomic mass is 19.1. The second kappa shape index (κ2) is 13.2. The number of pyridine rings is 1. The van der Waals surface area contributed by atoms with E-state index in [9.17, 15) is 23.9 Å². The number of aromatic nitrogens is 2. The summed E-state index contributed by atoms with van der Waals surface area (Å²) in [4.78, 5) is 43.4. The van der Waals surface area contributed by atoms with Crippen LogP contribution in [0.25, 0.3) is 11.4 Å². The van der Waals surface area contributed by atoms with Crippen molar-refractivity contribution in [3.63, 3.8) is 0 Å². The van der Waals surface area contributed by atoms with Gasteiger partial charge >= 0.3 is 12.0 Å². The predicted octanol–water partition coefficient (Wildman–Crippen LogP) is 4.92. The second-order valence-electron chi connectivity index (χ2n) is 9.10. The number of amides is 3. The number of carboxylic acid groups (broad SMARTS) is 1. The molecule has 0 aliphatic rings. The van der Waals surface area contributed by atoms with Crippen LogP contribution in [0, 0.1) is 12.7 Å². The van der Waals surface area contributed by atoms with Crippen molar-refractivity contribution in [3.05, 3.63) is 90.0 Å². The van der Waals surface area contributed by atoms with E-state index in [0.29, 0.717) is 28.6 Å². The Morgan fingerprint density at radius 2 is 1.80 bits per heavy atom. The number of H-pyrrole nitrogens is 1. The molecule has 0 aliphatic heterocycles. The maximum absolute atomic E-state index is 13.9. The molecule has 2 aromatic carbocycles. The fourth-order valence-electron chi connectivity index (χ4n) is 3.85. The third-order valence-corrected chi connectivity index (χ3v) is 5.92. The van der Waals surface area contributed by atoms with Gasteiger partial charge in [0.05, 0.1) is 22.6 Å². The number of urea groups is 1. The molecule has 4 aromatic rings. The number of rotatable bonds is 11. The fraction of sp³-hybridized carbons (Fsp3) is 0.172. The Kier molecular flexibility index (Phi) is 9.28. The van der Waals surface area contributed by atoms with E-state index in [4.69, 9.17) is 9.84 Å². The number of aliphatic carboxylic acids is 1. The van der Waals surface area contributed by atoms with E-state index in [2.05, 4.69) is 25.9 Å². The zero-order chi connectivity index (χ0) is 29.4. The molecule has 0 fully saturated rings. The Morgan fingerprint density at radius 1 is 1.02 bits per heavy atom. The van der Waals surface area contributed by atoms with E-state index >= 15 is 0 Å². The van der Waals surface area contributed by atoms with Crippen LogP contribution in [0.4, 0.5) is 20.6 Å². The Labute approximate surface area is 234 Å². The van der Waals surface area contributed by atoms with E-state index < -0.39 is 29.8 Å². The number of aromatic amines is 1. The molecule has 212 valence electrons. The molecule has 2 heterocycles. The molecule has 0 aliphatic carbocycles. The van der Waals surface area contributed by atoms with Crippen LogP contribution in [-0.2, 0) is 4.79 Å². The summed E-state index contributed by atoms with van der Waals surface area (Å²) in [5.41, 5.74) is 2.57. The summed E-state index contributed by atoms with van der Waals surface area (Å²) in [5, 5.41) is 25.8. The lowest BCUT2D eigenvalue weighted by molar-refractivity contribution is -0.139. The van der Waals surface area contributed by atoms with E-state index in [-0.39, 0.29) is 30.7 Å². The van der Waals surface area contributed by atoms with Gasteiger partial charge in [-0.2, -0.15) is 0 Å². The van der Waals surface area contributed by atoms with E-state index in [1.807, 2.05) is 0 Å². The molecule has 0 saturated carbocycles. The van der Waals surface area contributed by atoms with Crippen LogP contribution in [0.5, 0.6) is 11.5 Å². The summed E-state index contributed by atoms with van der Waals surface area (Å²) in [7, 11) is 0. The van der Waals surface area contributed by atoms with E-state index in [1.54, 1.807) is 55.5 Å². The van der Waals surface area contributed by atoms with Gasteiger partial charge in [-0.05, 0) is 73.9 Å². The number of aliphatic hydroxyl groups is 1. The normalized spacial score (nSPS) is 11.4. The van der Waals surface area contributed by atoms with Crippen molar-refractivity contribution >= 4 is 29.3 Å². The minimum Gasteiger partial charge on any atom is -0.480 e.